The van der Waals surface area contributed by atoms with Gasteiger partial charge in [0.25, 0.3) is 0 Å². The van der Waals surface area contributed by atoms with Gasteiger partial charge in [0.1, 0.15) is 5.75 Å². The van der Waals surface area contributed by atoms with E-state index in [1.807, 2.05) is 23.9 Å². The fourth-order valence-electron chi connectivity index (χ4n) is 1.54. The normalized spacial score (nSPS) is 12.4. The summed E-state index contributed by atoms with van der Waals surface area (Å²) < 4.78 is 5.21. The number of benzene rings is 1. The molecular weight excluding hydrogens is 230 g/mol. The minimum Gasteiger partial charge on any atom is -0.497 e. The van der Waals surface area contributed by atoms with E-state index in [0.29, 0.717) is 6.04 Å². The van der Waals surface area contributed by atoms with Crippen LogP contribution in [-0.2, 0) is 0 Å². The molecule has 2 nitrogen and oxygen atoms in total. The molecule has 0 radical (unpaired) electrons. The third kappa shape index (κ3) is 5.99. The second kappa shape index (κ2) is 8.43. The summed E-state index contributed by atoms with van der Waals surface area (Å²) in [6.07, 6.45) is 2.40. The molecule has 3 heteroatoms. The summed E-state index contributed by atoms with van der Waals surface area (Å²) in [4.78, 5) is 1.28. The standard InChI is InChI=1S/C14H23NOS/c1-4-9-15-12(2)8-10-17-14-7-5-6-13(11-14)16-3/h5-7,11-12,15H,4,8-10H2,1-3H3. The van der Waals surface area contributed by atoms with E-state index in [1.165, 1.54) is 17.7 Å². The van der Waals surface area contributed by atoms with Gasteiger partial charge in [0, 0.05) is 10.9 Å². The number of ether oxygens (including phenoxy) is 1. The van der Waals surface area contributed by atoms with E-state index in [1.54, 1.807) is 7.11 Å². The van der Waals surface area contributed by atoms with Crippen molar-refractivity contribution in [3.8, 4) is 5.75 Å². The molecule has 17 heavy (non-hydrogen) atoms. The Bertz CT molecular complexity index is 317. The molecule has 0 aliphatic carbocycles. The van der Waals surface area contributed by atoms with Gasteiger partial charge < -0.3 is 10.1 Å². The summed E-state index contributed by atoms with van der Waals surface area (Å²) in [5.74, 6) is 2.08. The fourth-order valence-corrected chi connectivity index (χ4v) is 2.62. The SMILES string of the molecule is CCCNC(C)CCSc1cccc(OC)c1. The second-order valence-corrected chi connectivity index (χ2v) is 5.34. The first-order valence-electron chi connectivity index (χ1n) is 6.26. The van der Waals surface area contributed by atoms with Gasteiger partial charge in [0.05, 0.1) is 7.11 Å². The van der Waals surface area contributed by atoms with Gasteiger partial charge in [-0.15, -0.1) is 11.8 Å². The third-order valence-electron chi connectivity index (χ3n) is 2.60. The molecule has 0 heterocycles. The van der Waals surface area contributed by atoms with Crippen LogP contribution in [0, 0.1) is 0 Å². The molecule has 0 amide bonds. The van der Waals surface area contributed by atoms with Gasteiger partial charge in [-0.1, -0.05) is 13.0 Å². The van der Waals surface area contributed by atoms with E-state index in [0.717, 1.165) is 18.0 Å². The van der Waals surface area contributed by atoms with Gasteiger partial charge in [0.2, 0.25) is 0 Å². The summed E-state index contributed by atoms with van der Waals surface area (Å²) in [6, 6.07) is 8.86. The molecule has 1 atom stereocenters. The molecule has 0 aliphatic rings. The van der Waals surface area contributed by atoms with E-state index in [-0.39, 0.29) is 0 Å². The number of methoxy groups -OCH3 is 1. The average Bonchev–Trinajstić information content (AvgIpc) is 2.36. The van der Waals surface area contributed by atoms with Gasteiger partial charge >= 0.3 is 0 Å². The summed E-state index contributed by atoms with van der Waals surface area (Å²) >= 11 is 1.89. The number of nitrogens with one attached hydrogen (secondary N) is 1. The van der Waals surface area contributed by atoms with Crippen molar-refractivity contribution in [2.75, 3.05) is 19.4 Å². The van der Waals surface area contributed by atoms with Gasteiger partial charge in [-0.25, -0.2) is 0 Å². The maximum atomic E-state index is 5.21. The number of rotatable bonds is 8. The summed E-state index contributed by atoms with van der Waals surface area (Å²) in [6.45, 7) is 5.57. The van der Waals surface area contributed by atoms with Crippen LogP contribution >= 0.6 is 11.8 Å². The molecule has 0 bridgehead atoms. The Kier molecular flexibility index (Phi) is 7.13. The molecule has 0 saturated carbocycles. The minimum atomic E-state index is 0.605. The molecule has 1 rings (SSSR count). The van der Waals surface area contributed by atoms with Crippen molar-refractivity contribution in [1.82, 2.24) is 5.32 Å². The maximum Gasteiger partial charge on any atom is 0.119 e. The Balaban J connectivity index is 2.25. The molecular formula is C14H23NOS. The molecule has 1 unspecified atom stereocenters. The first-order chi connectivity index (χ1) is 8.26. The molecule has 0 aliphatic heterocycles. The van der Waals surface area contributed by atoms with Crippen LogP contribution in [0.4, 0.5) is 0 Å². The van der Waals surface area contributed by atoms with E-state index in [4.69, 9.17) is 4.74 Å². The predicted molar refractivity (Wildman–Crippen MR) is 76.1 cm³/mol. The van der Waals surface area contributed by atoms with Crippen molar-refractivity contribution >= 4 is 11.8 Å². The maximum absolute atomic E-state index is 5.21. The van der Waals surface area contributed by atoms with Crippen LogP contribution in [0.5, 0.6) is 5.75 Å². The molecule has 0 saturated heterocycles. The van der Waals surface area contributed by atoms with E-state index < -0.39 is 0 Å². The molecule has 0 aromatic heterocycles. The van der Waals surface area contributed by atoms with Crippen LogP contribution in [0.3, 0.4) is 0 Å². The van der Waals surface area contributed by atoms with E-state index >= 15 is 0 Å². The zero-order chi connectivity index (χ0) is 12.5. The number of hydrogen-bond donors (Lipinski definition) is 1. The number of thioether (sulfide) groups is 1. The van der Waals surface area contributed by atoms with Crippen molar-refractivity contribution < 1.29 is 4.74 Å². The largest absolute Gasteiger partial charge is 0.497 e. The predicted octanol–water partition coefficient (Wildman–Crippen LogP) is 3.57. The van der Waals surface area contributed by atoms with Crippen molar-refractivity contribution in [2.45, 2.75) is 37.6 Å². The van der Waals surface area contributed by atoms with E-state index in [2.05, 4.69) is 31.3 Å². The van der Waals surface area contributed by atoms with Crippen LogP contribution in [0.2, 0.25) is 0 Å². The number of hydrogen-bond acceptors (Lipinski definition) is 3. The van der Waals surface area contributed by atoms with Crippen LogP contribution < -0.4 is 10.1 Å². The molecule has 1 N–H and O–H groups in total. The Labute approximate surface area is 109 Å². The van der Waals surface area contributed by atoms with Gasteiger partial charge in [-0.05, 0) is 50.3 Å². The third-order valence-corrected chi connectivity index (χ3v) is 3.63. The lowest BCUT2D eigenvalue weighted by Gasteiger charge is -2.12. The quantitative estimate of drug-likeness (QED) is 0.716. The average molecular weight is 253 g/mol. The van der Waals surface area contributed by atoms with Crippen molar-refractivity contribution in [3.05, 3.63) is 24.3 Å². The minimum absolute atomic E-state index is 0.605. The van der Waals surface area contributed by atoms with Crippen molar-refractivity contribution in [3.63, 3.8) is 0 Å². The summed E-state index contributed by atoms with van der Waals surface area (Å²) in [5.41, 5.74) is 0. The van der Waals surface area contributed by atoms with Crippen LogP contribution in [-0.4, -0.2) is 25.4 Å². The molecule has 1 aromatic carbocycles. The molecule has 1 aromatic rings. The van der Waals surface area contributed by atoms with Crippen molar-refractivity contribution in [1.29, 1.82) is 0 Å². The fraction of sp³-hybridized carbons (Fsp3) is 0.571. The Hall–Kier alpha value is -0.670. The molecule has 96 valence electrons. The zero-order valence-corrected chi connectivity index (χ0v) is 11.8. The molecule has 0 fully saturated rings. The van der Waals surface area contributed by atoms with Crippen LogP contribution in [0.25, 0.3) is 0 Å². The topological polar surface area (TPSA) is 21.3 Å². The van der Waals surface area contributed by atoms with Crippen LogP contribution in [0.1, 0.15) is 26.7 Å². The Morgan fingerprint density at radius 1 is 1.41 bits per heavy atom. The highest BCUT2D eigenvalue weighted by Gasteiger charge is 2.01. The zero-order valence-electron chi connectivity index (χ0n) is 11.0. The lowest BCUT2D eigenvalue weighted by Crippen LogP contribution is -2.27. The second-order valence-electron chi connectivity index (χ2n) is 4.17. The van der Waals surface area contributed by atoms with Crippen LogP contribution in [0.15, 0.2) is 29.2 Å². The van der Waals surface area contributed by atoms with E-state index in [9.17, 15) is 0 Å². The lowest BCUT2D eigenvalue weighted by atomic mass is 10.2. The smallest absolute Gasteiger partial charge is 0.119 e. The summed E-state index contributed by atoms with van der Waals surface area (Å²) in [7, 11) is 1.71. The first kappa shape index (κ1) is 14.4. The van der Waals surface area contributed by atoms with Gasteiger partial charge in [-0.2, -0.15) is 0 Å². The van der Waals surface area contributed by atoms with Gasteiger partial charge in [0.15, 0.2) is 0 Å². The summed E-state index contributed by atoms with van der Waals surface area (Å²) in [5, 5.41) is 3.50. The van der Waals surface area contributed by atoms with Gasteiger partial charge in [-0.3, -0.25) is 0 Å². The Morgan fingerprint density at radius 3 is 2.94 bits per heavy atom. The monoisotopic (exact) mass is 253 g/mol. The lowest BCUT2D eigenvalue weighted by molar-refractivity contribution is 0.413. The Morgan fingerprint density at radius 2 is 2.24 bits per heavy atom. The first-order valence-corrected chi connectivity index (χ1v) is 7.25. The molecule has 0 spiro atoms. The van der Waals surface area contributed by atoms with Crippen molar-refractivity contribution in [2.24, 2.45) is 0 Å². The highest BCUT2D eigenvalue weighted by Crippen LogP contribution is 2.23. The highest BCUT2D eigenvalue weighted by atomic mass is 32.2. The highest BCUT2D eigenvalue weighted by molar-refractivity contribution is 7.99.